The predicted molar refractivity (Wildman–Crippen MR) is 27.6 cm³/mol. The average Bonchev–Trinajstić information content (AvgIpc) is 2.05. The first-order valence-electron chi connectivity index (χ1n) is 2.53. The molecule has 8 heteroatoms. The number of carbonyl (C=O) groups excluding carboxylic acids is 2. The first-order valence-corrected chi connectivity index (χ1v) is 2.87. The average molecular weight is 205 g/mol. The van der Waals surface area contributed by atoms with E-state index < -0.39 is 28.1 Å². The number of alkyl halides is 4. The molecule has 68 valence electrons. The minimum absolute atomic E-state index is 0.806. The van der Waals surface area contributed by atoms with Crippen LogP contribution >= 0.6 is 11.8 Å². The van der Waals surface area contributed by atoms with Crippen LogP contribution in [0.15, 0.2) is 0 Å². The number of hydrogen-bond donors (Lipinski definition) is 0. The standard InChI is InChI=1S/C4ClF4NO2/c5-10-1(11)3(6,7)4(8,9)2(10)12. The lowest BCUT2D eigenvalue weighted by atomic mass is 10.2. The van der Waals surface area contributed by atoms with E-state index in [2.05, 4.69) is 11.8 Å². The summed E-state index contributed by atoms with van der Waals surface area (Å²) in [5.74, 6) is -14.9. The molecule has 0 saturated carbocycles. The van der Waals surface area contributed by atoms with Crippen LogP contribution < -0.4 is 0 Å². The van der Waals surface area contributed by atoms with E-state index in [-0.39, 0.29) is 0 Å². The van der Waals surface area contributed by atoms with Crippen molar-refractivity contribution in [2.45, 2.75) is 11.8 Å². The Balaban J connectivity index is 3.24. The highest BCUT2D eigenvalue weighted by atomic mass is 35.5. The molecule has 0 unspecified atom stereocenters. The van der Waals surface area contributed by atoms with Crippen LogP contribution in [0, 0.1) is 0 Å². The smallest absolute Gasteiger partial charge is 0.266 e. The van der Waals surface area contributed by atoms with Gasteiger partial charge in [-0.15, -0.1) is 0 Å². The van der Waals surface area contributed by atoms with Crippen LogP contribution in [0.3, 0.4) is 0 Å². The molecule has 0 N–H and O–H groups in total. The molecule has 1 aliphatic heterocycles. The van der Waals surface area contributed by atoms with Gasteiger partial charge >= 0.3 is 23.7 Å². The van der Waals surface area contributed by atoms with Gasteiger partial charge in [-0.25, -0.2) is 0 Å². The van der Waals surface area contributed by atoms with Crippen LogP contribution in [0.25, 0.3) is 0 Å². The minimum Gasteiger partial charge on any atom is -0.266 e. The fourth-order valence-corrected chi connectivity index (χ4v) is 0.820. The Kier molecular flexibility index (Phi) is 1.61. The van der Waals surface area contributed by atoms with Crippen LogP contribution in [-0.4, -0.2) is 28.1 Å². The SMILES string of the molecule is O=C1N(Cl)C(=O)C(F)(F)C1(F)F. The van der Waals surface area contributed by atoms with Crippen molar-refractivity contribution in [3.05, 3.63) is 0 Å². The normalized spacial score (nSPS) is 26.6. The van der Waals surface area contributed by atoms with E-state index in [1.807, 2.05) is 0 Å². The van der Waals surface area contributed by atoms with Gasteiger partial charge in [-0.2, -0.15) is 22.0 Å². The molecule has 3 nitrogen and oxygen atoms in total. The first kappa shape index (κ1) is 9.24. The number of carbonyl (C=O) groups is 2. The molecule has 0 aromatic rings. The quantitative estimate of drug-likeness (QED) is 0.333. The highest BCUT2D eigenvalue weighted by Crippen LogP contribution is 2.43. The molecular formula is C4ClF4NO2. The second-order valence-corrected chi connectivity index (χ2v) is 2.38. The summed E-state index contributed by atoms with van der Waals surface area (Å²) in [6.45, 7) is 0. The first-order chi connectivity index (χ1) is 5.23. The molecule has 2 amide bonds. The summed E-state index contributed by atoms with van der Waals surface area (Å²) in [6, 6.07) is 0. The van der Waals surface area contributed by atoms with Crippen LogP contribution in [0.4, 0.5) is 17.6 Å². The minimum atomic E-state index is -5.04. The molecule has 0 bridgehead atoms. The summed E-state index contributed by atoms with van der Waals surface area (Å²) in [7, 11) is 0. The molecule has 1 fully saturated rings. The monoisotopic (exact) mass is 205 g/mol. The largest absolute Gasteiger partial charge is 0.397 e. The molecule has 0 atom stereocenters. The zero-order chi connectivity index (χ0) is 9.73. The molecular weight excluding hydrogens is 205 g/mol. The predicted octanol–water partition coefficient (Wildman–Crippen LogP) is 0.780. The second-order valence-electron chi connectivity index (χ2n) is 2.04. The Morgan fingerprint density at radius 2 is 1.25 bits per heavy atom. The molecule has 0 aliphatic carbocycles. The fourth-order valence-electron chi connectivity index (χ4n) is 0.607. The third-order valence-electron chi connectivity index (χ3n) is 1.29. The van der Waals surface area contributed by atoms with Crippen LogP contribution in [0.2, 0.25) is 0 Å². The maximum atomic E-state index is 12.2. The van der Waals surface area contributed by atoms with Crippen molar-refractivity contribution in [2.75, 3.05) is 0 Å². The van der Waals surface area contributed by atoms with Crippen molar-refractivity contribution in [3.8, 4) is 0 Å². The van der Waals surface area contributed by atoms with Crippen LogP contribution in [0.1, 0.15) is 0 Å². The van der Waals surface area contributed by atoms with Crippen molar-refractivity contribution < 1.29 is 27.2 Å². The van der Waals surface area contributed by atoms with Crippen LogP contribution in [-0.2, 0) is 9.59 Å². The maximum absolute atomic E-state index is 12.2. The number of nitrogens with zero attached hydrogens (tertiary/aromatic N) is 1. The zero-order valence-corrected chi connectivity index (χ0v) is 5.91. The highest BCUT2D eigenvalue weighted by Gasteiger charge is 2.76. The van der Waals surface area contributed by atoms with E-state index in [9.17, 15) is 27.2 Å². The van der Waals surface area contributed by atoms with Gasteiger partial charge in [0.05, 0.1) is 0 Å². The maximum Gasteiger partial charge on any atom is 0.397 e. The zero-order valence-electron chi connectivity index (χ0n) is 5.15. The van der Waals surface area contributed by atoms with Gasteiger partial charge in [0.15, 0.2) is 0 Å². The van der Waals surface area contributed by atoms with Crippen LogP contribution in [0.5, 0.6) is 0 Å². The number of hydrogen-bond acceptors (Lipinski definition) is 2. The van der Waals surface area contributed by atoms with Crippen molar-refractivity contribution in [1.82, 2.24) is 4.42 Å². The summed E-state index contributed by atoms with van der Waals surface area (Å²) in [4.78, 5) is 20.4. The van der Waals surface area contributed by atoms with Gasteiger partial charge in [0.2, 0.25) is 0 Å². The Morgan fingerprint density at radius 1 is 1.00 bits per heavy atom. The molecule has 1 rings (SSSR count). The lowest BCUT2D eigenvalue weighted by Gasteiger charge is -2.11. The third-order valence-corrected chi connectivity index (χ3v) is 1.60. The van der Waals surface area contributed by atoms with Gasteiger partial charge < -0.3 is 0 Å². The molecule has 1 aliphatic rings. The van der Waals surface area contributed by atoms with E-state index in [1.165, 1.54) is 0 Å². The van der Waals surface area contributed by atoms with Crippen molar-refractivity contribution >= 4 is 23.6 Å². The molecule has 12 heavy (non-hydrogen) atoms. The van der Waals surface area contributed by atoms with E-state index in [0.29, 0.717) is 0 Å². The Labute approximate surface area is 68.0 Å². The van der Waals surface area contributed by atoms with E-state index in [4.69, 9.17) is 0 Å². The van der Waals surface area contributed by atoms with Crippen molar-refractivity contribution in [3.63, 3.8) is 0 Å². The molecule has 0 aromatic heterocycles. The van der Waals surface area contributed by atoms with E-state index >= 15 is 0 Å². The van der Waals surface area contributed by atoms with Crippen molar-refractivity contribution in [2.24, 2.45) is 0 Å². The van der Waals surface area contributed by atoms with E-state index in [1.54, 1.807) is 0 Å². The summed E-state index contributed by atoms with van der Waals surface area (Å²) >= 11 is 4.56. The molecule has 0 aromatic carbocycles. The van der Waals surface area contributed by atoms with Gasteiger partial charge in [-0.1, -0.05) is 0 Å². The number of halogens is 5. The highest BCUT2D eigenvalue weighted by molar-refractivity contribution is 6.35. The Hall–Kier alpha value is -0.850. The molecule has 0 spiro atoms. The molecule has 1 saturated heterocycles. The summed E-state index contributed by atoms with van der Waals surface area (Å²) in [5.41, 5.74) is 0. The number of imide groups is 1. The fraction of sp³-hybridized carbons (Fsp3) is 0.500. The summed E-state index contributed by atoms with van der Waals surface area (Å²) in [5, 5.41) is 0. The topological polar surface area (TPSA) is 37.4 Å². The number of rotatable bonds is 0. The van der Waals surface area contributed by atoms with Gasteiger partial charge in [0.25, 0.3) is 0 Å². The van der Waals surface area contributed by atoms with Gasteiger partial charge in [-0.05, 0) is 0 Å². The summed E-state index contributed by atoms with van der Waals surface area (Å²) in [6.07, 6.45) is 0. The lowest BCUT2D eigenvalue weighted by molar-refractivity contribution is -0.192. The Bertz CT molecular complexity index is 240. The summed E-state index contributed by atoms with van der Waals surface area (Å²) < 4.78 is 47.9. The second kappa shape index (κ2) is 2.09. The third kappa shape index (κ3) is 0.767. The lowest BCUT2D eigenvalue weighted by Crippen LogP contribution is -2.43. The van der Waals surface area contributed by atoms with Gasteiger partial charge in [0, 0.05) is 11.8 Å². The van der Waals surface area contributed by atoms with Gasteiger partial charge in [0.1, 0.15) is 0 Å². The molecule has 1 heterocycles. The molecule has 0 radical (unpaired) electrons. The van der Waals surface area contributed by atoms with Crippen molar-refractivity contribution in [1.29, 1.82) is 0 Å². The van der Waals surface area contributed by atoms with E-state index in [0.717, 1.165) is 0 Å². The Morgan fingerprint density at radius 3 is 1.33 bits per heavy atom. The van der Waals surface area contributed by atoms with Gasteiger partial charge in [-0.3, -0.25) is 9.59 Å². The number of amides is 2.